The Labute approximate surface area is 116 Å². The molecule has 0 aromatic heterocycles. The van der Waals surface area contributed by atoms with E-state index in [9.17, 15) is 4.79 Å². The average molecular weight is 284 g/mol. The maximum Gasteiger partial charge on any atom is 0.233 e. The number of piperidine rings is 1. The van der Waals surface area contributed by atoms with E-state index < -0.39 is 0 Å². The first kappa shape index (κ1) is 17.0. The first-order chi connectivity index (χ1) is 7.27. The number of carbonyl (C=O) groups is 1. The van der Waals surface area contributed by atoms with E-state index in [-0.39, 0.29) is 30.7 Å². The number of amides is 1. The van der Waals surface area contributed by atoms with Crippen molar-refractivity contribution in [3.63, 3.8) is 0 Å². The molecule has 0 aromatic carbocycles. The molecule has 0 saturated carbocycles. The van der Waals surface area contributed by atoms with Crippen LogP contribution >= 0.6 is 24.8 Å². The van der Waals surface area contributed by atoms with Crippen LogP contribution in [0.2, 0.25) is 0 Å². The second kappa shape index (κ2) is 7.41. The molecule has 6 heteroatoms. The van der Waals surface area contributed by atoms with Crippen LogP contribution in [0.4, 0.5) is 0 Å². The van der Waals surface area contributed by atoms with Crippen LogP contribution in [0.15, 0.2) is 0 Å². The van der Waals surface area contributed by atoms with Gasteiger partial charge in [0.05, 0.1) is 6.54 Å². The molecule has 102 valence electrons. The minimum absolute atomic E-state index is 0. The van der Waals surface area contributed by atoms with Gasteiger partial charge in [-0.1, -0.05) is 0 Å². The van der Waals surface area contributed by atoms with Gasteiger partial charge in [-0.15, -0.1) is 24.8 Å². The van der Waals surface area contributed by atoms with Crippen LogP contribution in [-0.4, -0.2) is 49.6 Å². The molecule has 0 aromatic rings. The van der Waals surface area contributed by atoms with Crippen LogP contribution in [0.3, 0.4) is 0 Å². The van der Waals surface area contributed by atoms with Crippen molar-refractivity contribution in [3.05, 3.63) is 0 Å². The van der Waals surface area contributed by atoms with Gasteiger partial charge in [0.25, 0.3) is 0 Å². The van der Waals surface area contributed by atoms with E-state index in [1.165, 1.54) is 25.7 Å². The van der Waals surface area contributed by atoms with Crippen molar-refractivity contribution in [2.24, 2.45) is 0 Å². The summed E-state index contributed by atoms with van der Waals surface area (Å²) in [6, 6.07) is 0. The fourth-order valence-electron chi connectivity index (χ4n) is 2.95. The van der Waals surface area contributed by atoms with E-state index >= 15 is 0 Å². The number of rotatable bonds is 2. The lowest BCUT2D eigenvalue weighted by molar-refractivity contribution is -0.123. The van der Waals surface area contributed by atoms with Crippen molar-refractivity contribution in [2.45, 2.75) is 31.2 Å². The van der Waals surface area contributed by atoms with Gasteiger partial charge in [0.2, 0.25) is 5.91 Å². The number of likely N-dealkylation sites (N-methyl/N-ethyl adjacent to an activating group) is 1. The van der Waals surface area contributed by atoms with Gasteiger partial charge < -0.3 is 10.6 Å². The Morgan fingerprint density at radius 2 is 1.94 bits per heavy atom. The molecule has 2 fully saturated rings. The number of carbonyl (C=O) groups excluding carboxylic acids is 1. The van der Waals surface area contributed by atoms with Gasteiger partial charge in [-0.05, 0) is 45.3 Å². The normalized spacial score (nSPS) is 22.6. The molecule has 2 rings (SSSR count). The summed E-state index contributed by atoms with van der Waals surface area (Å²) in [4.78, 5) is 13.8. The Morgan fingerprint density at radius 1 is 1.29 bits per heavy atom. The molecule has 4 nitrogen and oxygen atoms in total. The van der Waals surface area contributed by atoms with Crippen molar-refractivity contribution in [1.29, 1.82) is 0 Å². The lowest BCUT2D eigenvalue weighted by Crippen LogP contribution is -2.53. The Balaban J connectivity index is 0.00000128. The molecule has 2 N–H and O–H groups in total. The Hall–Kier alpha value is -0.0300. The first-order valence-corrected chi connectivity index (χ1v) is 5.93. The third-order valence-electron chi connectivity index (χ3n) is 3.89. The number of halogens is 2. The van der Waals surface area contributed by atoms with Gasteiger partial charge in [-0.3, -0.25) is 9.69 Å². The molecule has 0 radical (unpaired) electrons. The van der Waals surface area contributed by atoms with Crippen molar-refractivity contribution >= 4 is 30.7 Å². The summed E-state index contributed by atoms with van der Waals surface area (Å²) in [6.45, 7) is 3.87. The molecule has 2 saturated heterocycles. The second-order valence-electron chi connectivity index (χ2n) is 4.67. The Kier molecular flexibility index (Phi) is 7.40. The van der Waals surface area contributed by atoms with Gasteiger partial charge in [0.15, 0.2) is 0 Å². The molecule has 0 atom stereocenters. The third kappa shape index (κ3) is 3.71. The highest BCUT2D eigenvalue weighted by Crippen LogP contribution is 2.36. The number of hydrogen-bond acceptors (Lipinski definition) is 3. The zero-order valence-electron chi connectivity index (χ0n) is 10.3. The predicted molar refractivity (Wildman–Crippen MR) is 74.2 cm³/mol. The van der Waals surface area contributed by atoms with Crippen LogP contribution in [-0.2, 0) is 4.79 Å². The second-order valence-corrected chi connectivity index (χ2v) is 4.67. The van der Waals surface area contributed by atoms with Gasteiger partial charge in [-0.2, -0.15) is 0 Å². The Morgan fingerprint density at radius 3 is 2.53 bits per heavy atom. The van der Waals surface area contributed by atoms with Crippen molar-refractivity contribution in [1.82, 2.24) is 15.5 Å². The number of nitrogens with one attached hydrogen (secondary N) is 2. The zero-order valence-corrected chi connectivity index (χ0v) is 12.0. The van der Waals surface area contributed by atoms with Gasteiger partial charge in [-0.25, -0.2) is 0 Å². The standard InChI is InChI=1S/C11H21N3O.2ClH/c1-12-10(15)9-14-8-2-3-11(14)4-6-13-7-5-11;;/h13H,2-9H2,1H3,(H,12,15);2*1H. The Bertz CT molecular complexity index is 245. The highest BCUT2D eigenvalue weighted by molar-refractivity contribution is 5.85. The third-order valence-corrected chi connectivity index (χ3v) is 3.89. The van der Waals surface area contributed by atoms with Crippen LogP contribution in [0.5, 0.6) is 0 Å². The minimum atomic E-state index is 0. The number of likely N-dealkylation sites (tertiary alicyclic amines) is 1. The maximum atomic E-state index is 11.4. The lowest BCUT2D eigenvalue weighted by atomic mass is 9.86. The SMILES string of the molecule is CNC(=O)CN1CCCC12CCNCC2.Cl.Cl. The molecular weight excluding hydrogens is 261 g/mol. The van der Waals surface area contributed by atoms with Gasteiger partial charge in [0, 0.05) is 12.6 Å². The molecule has 17 heavy (non-hydrogen) atoms. The van der Waals surface area contributed by atoms with Crippen LogP contribution in [0, 0.1) is 0 Å². The molecule has 0 aliphatic carbocycles. The van der Waals surface area contributed by atoms with E-state index in [2.05, 4.69) is 15.5 Å². The minimum Gasteiger partial charge on any atom is -0.358 e. The predicted octanol–water partition coefficient (Wildman–Crippen LogP) is 0.794. The highest BCUT2D eigenvalue weighted by atomic mass is 35.5. The summed E-state index contributed by atoms with van der Waals surface area (Å²) in [5.41, 5.74) is 0.331. The molecule has 0 unspecified atom stereocenters. The highest BCUT2D eigenvalue weighted by Gasteiger charge is 2.41. The van der Waals surface area contributed by atoms with E-state index in [0.29, 0.717) is 12.1 Å². The van der Waals surface area contributed by atoms with Crippen LogP contribution in [0.1, 0.15) is 25.7 Å². The van der Waals surface area contributed by atoms with E-state index in [4.69, 9.17) is 0 Å². The van der Waals surface area contributed by atoms with E-state index in [1.807, 2.05) is 0 Å². The molecule has 2 heterocycles. The van der Waals surface area contributed by atoms with Crippen LogP contribution in [0.25, 0.3) is 0 Å². The van der Waals surface area contributed by atoms with Gasteiger partial charge >= 0.3 is 0 Å². The van der Waals surface area contributed by atoms with Crippen molar-refractivity contribution in [2.75, 3.05) is 33.2 Å². The summed E-state index contributed by atoms with van der Waals surface area (Å²) in [7, 11) is 1.72. The van der Waals surface area contributed by atoms with E-state index in [0.717, 1.165) is 19.6 Å². The molecule has 1 amide bonds. The summed E-state index contributed by atoms with van der Waals surface area (Å²) >= 11 is 0. The molecule has 1 spiro atoms. The van der Waals surface area contributed by atoms with Crippen molar-refractivity contribution in [3.8, 4) is 0 Å². The monoisotopic (exact) mass is 283 g/mol. The fraction of sp³-hybridized carbons (Fsp3) is 0.909. The number of hydrogen-bond donors (Lipinski definition) is 2. The summed E-state index contributed by atoms with van der Waals surface area (Å²) < 4.78 is 0. The smallest absolute Gasteiger partial charge is 0.233 e. The van der Waals surface area contributed by atoms with Gasteiger partial charge in [0.1, 0.15) is 0 Å². The topological polar surface area (TPSA) is 44.4 Å². The zero-order chi connectivity index (χ0) is 10.7. The quantitative estimate of drug-likeness (QED) is 0.788. The first-order valence-electron chi connectivity index (χ1n) is 5.93. The summed E-state index contributed by atoms with van der Waals surface area (Å²) in [5.74, 6) is 0.148. The largest absolute Gasteiger partial charge is 0.358 e. The summed E-state index contributed by atoms with van der Waals surface area (Å²) in [6.07, 6.45) is 4.91. The average Bonchev–Trinajstić information content (AvgIpc) is 2.63. The molecule has 0 bridgehead atoms. The molecular formula is C11H23Cl2N3O. The lowest BCUT2D eigenvalue weighted by Gasteiger charge is -2.41. The summed E-state index contributed by atoms with van der Waals surface area (Å²) in [5, 5.41) is 6.11. The van der Waals surface area contributed by atoms with Crippen LogP contribution < -0.4 is 10.6 Å². The van der Waals surface area contributed by atoms with E-state index in [1.54, 1.807) is 7.05 Å². The fourth-order valence-corrected chi connectivity index (χ4v) is 2.95. The number of nitrogens with zero attached hydrogens (tertiary/aromatic N) is 1. The maximum absolute atomic E-state index is 11.4. The van der Waals surface area contributed by atoms with Crippen molar-refractivity contribution < 1.29 is 4.79 Å². The molecule has 2 aliphatic heterocycles. The molecule has 2 aliphatic rings.